The number of aromatic nitrogens is 2. The van der Waals surface area contributed by atoms with Gasteiger partial charge in [0.2, 0.25) is 0 Å². The van der Waals surface area contributed by atoms with Crippen molar-refractivity contribution in [3.8, 4) is 5.75 Å². The van der Waals surface area contributed by atoms with Crippen molar-refractivity contribution < 1.29 is 4.74 Å². The van der Waals surface area contributed by atoms with E-state index in [2.05, 4.69) is 40.7 Å². The highest BCUT2D eigenvalue weighted by atomic mass is 32.1. The van der Waals surface area contributed by atoms with Crippen LogP contribution in [-0.2, 0) is 0 Å². The Morgan fingerprint density at radius 3 is 2.62 bits per heavy atom. The van der Waals surface area contributed by atoms with Gasteiger partial charge in [-0.2, -0.15) is 0 Å². The first-order valence-corrected chi connectivity index (χ1v) is 7.48. The largest absolute Gasteiger partial charge is 0.497 e. The number of benzene rings is 2. The number of nitrogens with one attached hydrogen (secondary N) is 1. The Bertz CT molecular complexity index is 805. The number of nitrogens with zero attached hydrogens (tertiary/aromatic N) is 1. The van der Waals surface area contributed by atoms with Crippen LogP contribution in [0.2, 0.25) is 0 Å². The summed E-state index contributed by atoms with van der Waals surface area (Å²) in [6, 6.07) is 16.7. The topological polar surface area (TPSA) is 29.9 Å². The maximum atomic E-state index is 5.54. The highest BCUT2D eigenvalue weighted by Crippen LogP contribution is 2.29. The summed E-state index contributed by atoms with van der Waals surface area (Å²) in [6.45, 7) is 2.18. The molecule has 0 aliphatic carbocycles. The Labute approximate surface area is 129 Å². The van der Waals surface area contributed by atoms with E-state index in [4.69, 9.17) is 17.0 Å². The first-order valence-electron chi connectivity index (χ1n) is 7.07. The van der Waals surface area contributed by atoms with Crippen molar-refractivity contribution in [3.63, 3.8) is 0 Å². The fourth-order valence-corrected chi connectivity index (χ4v) is 3.12. The number of hydrogen-bond donors (Lipinski definition) is 1. The molecule has 0 fully saturated rings. The quantitative estimate of drug-likeness (QED) is 0.707. The minimum absolute atomic E-state index is 0.222. The predicted molar refractivity (Wildman–Crippen MR) is 88.5 cm³/mol. The number of imidazole rings is 1. The minimum atomic E-state index is 0.222. The molecular formula is C17H18N2OS. The Hall–Kier alpha value is -2.07. The van der Waals surface area contributed by atoms with Crippen LogP contribution in [0.15, 0.2) is 48.5 Å². The van der Waals surface area contributed by atoms with Crippen LogP contribution in [0, 0.1) is 4.77 Å². The third-order valence-corrected chi connectivity index (χ3v) is 4.11. The van der Waals surface area contributed by atoms with Gasteiger partial charge in [-0.05, 0) is 36.3 Å². The monoisotopic (exact) mass is 298 g/mol. The smallest absolute Gasteiger partial charge is 0.178 e. The van der Waals surface area contributed by atoms with Gasteiger partial charge in [0.15, 0.2) is 4.77 Å². The van der Waals surface area contributed by atoms with E-state index in [0.29, 0.717) is 0 Å². The second-order valence-electron chi connectivity index (χ2n) is 5.02. The van der Waals surface area contributed by atoms with Gasteiger partial charge in [-0.25, -0.2) is 0 Å². The minimum Gasteiger partial charge on any atom is -0.497 e. The molecule has 0 bridgehead atoms. The summed E-state index contributed by atoms with van der Waals surface area (Å²) in [5, 5.41) is 0. The second kappa shape index (κ2) is 5.74. The lowest BCUT2D eigenvalue weighted by molar-refractivity contribution is 0.415. The summed E-state index contributed by atoms with van der Waals surface area (Å²) in [7, 11) is 1.68. The molecule has 0 amide bonds. The molecule has 3 aromatic rings. The summed E-state index contributed by atoms with van der Waals surface area (Å²) in [5.74, 6) is 0.841. The van der Waals surface area contributed by atoms with Gasteiger partial charge in [0, 0.05) is 6.07 Å². The molecule has 1 unspecified atom stereocenters. The van der Waals surface area contributed by atoms with Crippen LogP contribution in [-0.4, -0.2) is 16.7 Å². The second-order valence-corrected chi connectivity index (χ2v) is 5.40. The molecule has 3 rings (SSSR count). The molecule has 2 aromatic carbocycles. The Balaban J connectivity index is 2.22. The van der Waals surface area contributed by atoms with Crippen LogP contribution in [0.1, 0.15) is 24.9 Å². The Morgan fingerprint density at radius 1 is 1.19 bits per heavy atom. The third kappa shape index (κ3) is 2.47. The van der Waals surface area contributed by atoms with Crippen molar-refractivity contribution in [1.82, 2.24) is 9.55 Å². The standard InChI is InChI=1S/C17H18N2OS/c1-3-15(12-7-5-4-6-8-12)19-16-11-13(20-2)9-10-14(16)18-17(19)21/h4-11,15H,3H2,1-2H3,(H,18,21). The number of ether oxygens (including phenoxy) is 1. The van der Waals surface area contributed by atoms with E-state index in [-0.39, 0.29) is 6.04 Å². The number of H-pyrrole nitrogens is 1. The van der Waals surface area contributed by atoms with Crippen LogP contribution in [0.25, 0.3) is 11.0 Å². The SMILES string of the molecule is CCC(c1ccccc1)n1c(=S)[nH]c2ccc(OC)cc21. The van der Waals surface area contributed by atoms with Crippen molar-refractivity contribution in [2.75, 3.05) is 7.11 Å². The molecule has 21 heavy (non-hydrogen) atoms. The number of aromatic amines is 1. The summed E-state index contributed by atoms with van der Waals surface area (Å²) in [4.78, 5) is 3.29. The van der Waals surface area contributed by atoms with Gasteiger partial charge < -0.3 is 14.3 Å². The summed E-state index contributed by atoms with van der Waals surface area (Å²) in [6.07, 6.45) is 0.975. The van der Waals surface area contributed by atoms with E-state index in [1.54, 1.807) is 7.11 Å². The first-order chi connectivity index (χ1) is 10.2. The Morgan fingerprint density at radius 2 is 1.95 bits per heavy atom. The molecule has 0 saturated carbocycles. The van der Waals surface area contributed by atoms with E-state index in [9.17, 15) is 0 Å². The number of methoxy groups -OCH3 is 1. The highest BCUT2D eigenvalue weighted by Gasteiger charge is 2.16. The van der Waals surface area contributed by atoms with Gasteiger partial charge in [-0.15, -0.1) is 0 Å². The lowest BCUT2D eigenvalue weighted by Crippen LogP contribution is -2.09. The summed E-state index contributed by atoms with van der Waals surface area (Å²) < 4.78 is 8.27. The van der Waals surface area contributed by atoms with Gasteiger partial charge >= 0.3 is 0 Å². The summed E-state index contributed by atoms with van der Waals surface area (Å²) >= 11 is 5.54. The van der Waals surface area contributed by atoms with E-state index in [1.165, 1.54) is 5.56 Å². The van der Waals surface area contributed by atoms with Crippen molar-refractivity contribution in [2.45, 2.75) is 19.4 Å². The normalized spacial score (nSPS) is 12.5. The van der Waals surface area contributed by atoms with Gasteiger partial charge in [0.05, 0.1) is 24.2 Å². The zero-order valence-corrected chi connectivity index (χ0v) is 13.0. The third-order valence-electron chi connectivity index (χ3n) is 3.81. The zero-order chi connectivity index (χ0) is 14.8. The van der Waals surface area contributed by atoms with E-state index >= 15 is 0 Å². The molecule has 4 heteroatoms. The lowest BCUT2D eigenvalue weighted by Gasteiger charge is -2.18. The molecule has 1 aromatic heterocycles. The van der Waals surface area contributed by atoms with Crippen molar-refractivity contribution in [2.24, 2.45) is 0 Å². The molecule has 1 atom stereocenters. The number of hydrogen-bond acceptors (Lipinski definition) is 2. The van der Waals surface area contributed by atoms with Gasteiger partial charge in [0.1, 0.15) is 5.75 Å². The number of rotatable bonds is 4. The Kier molecular flexibility index (Phi) is 3.80. The average molecular weight is 298 g/mol. The molecule has 1 N–H and O–H groups in total. The molecule has 0 aliphatic heterocycles. The maximum Gasteiger partial charge on any atom is 0.178 e. The van der Waals surface area contributed by atoms with Crippen molar-refractivity contribution >= 4 is 23.3 Å². The average Bonchev–Trinajstić information content (AvgIpc) is 2.85. The van der Waals surface area contributed by atoms with Gasteiger partial charge in [-0.1, -0.05) is 37.3 Å². The molecule has 0 saturated heterocycles. The van der Waals surface area contributed by atoms with Crippen LogP contribution in [0.5, 0.6) is 5.75 Å². The van der Waals surface area contributed by atoms with Crippen LogP contribution in [0.4, 0.5) is 0 Å². The van der Waals surface area contributed by atoms with Gasteiger partial charge in [0.25, 0.3) is 0 Å². The highest BCUT2D eigenvalue weighted by molar-refractivity contribution is 7.71. The molecule has 3 nitrogen and oxygen atoms in total. The lowest BCUT2D eigenvalue weighted by atomic mass is 10.0. The molecule has 108 valence electrons. The van der Waals surface area contributed by atoms with Crippen LogP contribution in [0.3, 0.4) is 0 Å². The van der Waals surface area contributed by atoms with Gasteiger partial charge in [-0.3, -0.25) is 0 Å². The maximum absolute atomic E-state index is 5.54. The van der Waals surface area contributed by atoms with E-state index in [1.807, 2.05) is 24.3 Å². The molecular weight excluding hydrogens is 280 g/mol. The van der Waals surface area contributed by atoms with Crippen LogP contribution >= 0.6 is 12.2 Å². The molecule has 0 aliphatic rings. The fourth-order valence-electron chi connectivity index (χ4n) is 2.78. The van der Waals surface area contributed by atoms with Crippen molar-refractivity contribution in [3.05, 3.63) is 58.9 Å². The molecule has 0 radical (unpaired) electrons. The van der Waals surface area contributed by atoms with E-state index in [0.717, 1.165) is 28.0 Å². The first kappa shape index (κ1) is 13.9. The molecule has 1 heterocycles. The van der Waals surface area contributed by atoms with Crippen LogP contribution < -0.4 is 4.74 Å². The van der Waals surface area contributed by atoms with E-state index < -0.39 is 0 Å². The zero-order valence-electron chi connectivity index (χ0n) is 12.2. The fraction of sp³-hybridized carbons (Fsp3) is 0.235. The number of fused-ring (bicyclic) bond motifs is 1. The summed E-state index contributed by atoms with van der Waals surface area (Å²) in [5.41, 5.74) is 3.38. The molecule has 0 spiro atoms. The predicted octanol–water partition coefficient (Wildman–Crippen LogP) is 4.71. The van der Waals surface area contributed by atoms with Crippen molar-refractivity contribution in [1.29, 1.82) is 0 Å².